The fraction of sp³-hybridized carbons (Fsp3) is 0.258. The van der Waals surface area contributed by atoms with Gasteiger partial charge < -0.3 is 9.88 Å². The molecule has 0 atom stereocenters. The third kappa shape index (κ3) is 4.48. The number of para-hydroxylation sites is 1. The van der Waals surface area contributed by atoms with Gasteiger partial charge in [0, 0.05) is 47.7 Å². The molecule has 0 saturated carbocycles. The summed E-state index contributed by atoms with van der Waals surface area (Å²) in [7, 11) is 0. The van der Waals surface area contributed by atoms with Gasteiger partial charge >= 0.3 is 6.18 Å². The van der Waals surface area contributed by atoms with Crippen molar-refractivity contribution in [3.63, 3.8) is 0 Å². The third-order valence-corrected chi connectivity index (χ3v) is 7.97. The van der Waals surface area contributed by atoms with Gasteiger partial charge in [0.15, 0.2) is 0 Å². The number of aryl methyl sites for hydroxylation is 2. The van der Waals surface area contributed by atoms with E-state index in [1.54, 1.807) is 0 Å². The number of anilines is 1. The zero-order valence-corrected chi connectivity index (χ0v) is 22.5. The minimum Gasteiger partial charge on any atom is -0.365 e. The molecule has 0 saturated heterocycles. The number of aromatic amines is 1. The molecule has 1 aliphatic rings. The molecule has 39 heavy (non-hydrogen) atoms. The second-order valence-corrected chi connectivity index (χ2v) is 10.3. The van der Waals surface area contributed by atoms with Crippen molar-refractivity contribution in [2.45, 2.75) is 45.8 Å². The monoisotopic (exact) mass is 548 g/mol. The van der Waals surface area contributed by atoms with Crippen LogP contribution in [0.15, 0.2) is 66.9 Å². The van der Waals surface area contributed by atoms with Gasteiger partial charge in [-0.1, -0.05) is 49.7 Å². The summed E-state index contributed by atoms with van der Waals surface area (Å²) in [6.45, 7) is 5.22. The van der Waals surface area contributed by atoms with Crippen LogP contribution in [-0.2, 0) is 32.0 Å². The molecule has 4 nitrogen and oxygen atoms in total. The van der Waals surface area contributed by atoms with Gasteiger partial charge in [-0.3, -0.25) is 0 Å². The highest BCUT2D eigenvalue weighted by Gasteiger charge is 2.33. The number of nitrogens with zero attached hydrogens (tertiary/aromatic N) is 3. The zero-order chi connectivity index (χ0) is 27.3. The normalized spacial score (nSPS) is 13.7. The van der Waals surface area contributed by atoms with Crippen LogP contribution in [0.1, 0.15) is 41.8 Å². The van der Waals surface area contributed by atoms with Crippen LogP contribution in [-0.4, -0.2) is 21.3 Å². The van der Waals surface area contributed by atoms with E-state index < -0.39 is 11.7 Å². The summed E-state index contributed by atoms with van der Waals surface area (Å²) >= 11 is 6.46. The highest BCUT2D eigenvalue weighted by atomic mass is 35.5. The first-order chi connectivity index (χ1) is 18.8. The Kier molecular flexibility index (Phi) is 6.42. The topological polar surface area (TPSA) is 36.9 Å². The van der Waals surface area contributed by atoms with E-state index >= 15 is 0 Å². The Hall–Kier alpha value is -3.71. The molecule has 2 aromatic heterocycles. The summed E-state index contributed by atoms with van der Waals surface area (Å²) in [6, 6.07) is 18.2. The lowest BCUT2D eigenvalue weighted by Crippen LogP contribution is -2.30. The number of alkyl halides is 3. The van der Waals surface area contributed by atoms with E-state index in [0.29, 0.717) is 30.2 Å². The second-order valence-electron chi connectivity index (χ2n) is 9.93. The van der Waals surface area contributed by atoms with Gasteiger partial charge in [0.1, 0.15) is 0 Å². The summed E-state index contributed by atoms with van der Waals surface area (Å²) in [6.07, 6.45) is -0.209. The Bertz CT molecular complexity index is 1660. The van der Waals surface area contributed by atoms with E-state index in [0.717, 1.165) is 64.1 Å². The molecule has 200 valence electrons. The van der Waals surface area contributed by atoms with E-state index in [1.807, 2.05) is 17.2 Å². The minimum absolute atomic E-state index is 0.304. The van der Waals surface area contributed by atoms with Gasteiger partial charge in [-0.05, 0) is 60.4 Å². The van der Waals surface area contributed by atoms with Crippen molar-refractivity contribution >= 4 is 28.2 Å². The molecular formula is C31H28ClF3N4. The number of benzene rings is 3. The summed E-state index contributed by atoms with van der Waals surface area (Å²) in [5.41, 5.74) is 8.18. The Morgan fingerprint density at radius 1 is 0.974 bits per heavy atom. The standard InChI is InChI=1S/C31H28ClF3N4/c1-3-19-6-5-7-20(4-2)29(19)39-30(22-8-11-26-21(16-22)12-14-36-26)24-18-38(15-13-27(24)37-39)28-17-23(31(33,34)35)9-10-25(28)32/h5-12,14,16-17,36H,3-4,13,15,18H2,1-2H3. The molecule has 3 heterocycles. The molecule has 0 radical (unpaired) electrons. The predicted molar refractivity (Wildman–Crippen MR) is 151 cm³/mol. The van der Waals surface area contributed by atoms with Gasteiger partial charge in [-0.2, -0.15) is 18.3 Å². The molecule has 3 aromatic carbocycles. The Morgan fingerprint density at radius 2 is 1.74 bits per heavy atom. The number of halogens is 4. The number of nitrogens with one attached hydrogen (secondary N) is 1. The molecule has 5 aromatic rings. The van der Waals surface area contributed by atoms with Gasteiger partial charge in [-0.25, -0.2) is 4.68 Å². The lowest BCUT2D eigenvalue weighted by molar-refractivity contribution is -0.137. The number of aromatic nitrogens is 3. The average molecular weight is 549 g/mol. The second kappa shape index (κ2) is 9.79. The molecule has 8 heteroatoms. The molecule has 0 amide bonds. The fourth-order valence-corrected chi connectivity index (χ4v) is 5.89. The van der Waals surface area contributed by atoms with Crippen molar-refractivity contribution < 1.29 is 13.2 Å². The van der Waals surface area contributed by atoms with Crippen molar-refractivity contribution in [1.82, 2.24) is 14.8 Å². The van der Waals surface area contributed by atoms with E-state index in [-0.39, 0.29) is 0 Å². The number of fused-ring (bicyclic) bond motifs is 2. The lowest BCUT2D eigenvalue weighted by Gasteiger charge is -2.30. The maximum atomic E-state index is 13.5. The summed E-state index contributed by atoms with van der Waals surface area (Å²) in [4.78, 5) is 5.19. The predicted octanol–water partition coefficient (Wildman–Crippen LogP) is 8.38. The van der Waals surface area contributed by atoms with Crippen molar-refractivity contribution in [1.29, 1.82) is 0 Å². The van der Waals surface area contributed by atoms with Crippen LogP contribution in [0.2, 0.25) is 5.02 Å². The highest BCUT2D eigenvalue weighted by Crippen LogP contribution is 2.40. The van der Waals surface area contributed by atoms with Crippen LogP contribution in [0.5, 0.6) is 0 Å². The van der Waals surface area contributed by atoms with Gasteiger partial charge in [-0.15, -0.1) is 0 Å². The van der Waals surface area contributed by atoms with Gasteiger partial charge in [0.25, 0.3) is 0 Å². The molecule has 1 aliphatic heterocycles. The fourth-order valence-electron chi connectivity index (χ4n) is 5.66. The summed E-state index contributed by atoms with van der Waals surface area (Å²) < 4.78 is 42.7. The van der Waals surface area contributed by atoms with Gasteiger partial charge in [0.05, 0.1) is 33.3 Å². The smallest absolute Gasteiger partial charge is 0.365 e. The Morgan fingerprint density at radius 3 is 2.46 bits per heavy atom. The zero-order valence-electron chi connectivity index (χ0n) is 21.7. The lowest BCUT2D eigenvalue weighted by atomic mass is 9.98. The molecular weight excluding hydrogens is 521 g/mol. The maximum absolute atomic E-state index is 13.5. The van der Waals surface area contributed by atoms with E-state index in [1.165, 1.54) is 17.2 Å². The first-order valence-corrected chi connectivity index (χ1v) is 13.6. The molecule has 1 N–H and O–H groups in total. The molecule has 0 aliphatic carbocycles. The SMILES string of the molecule is CCc1cccc(CC)c1-n1nc2c(c1-c1ccc3[nH]ccc3c1)CN(c1cc(C(F)(F)F)ccc1Cl)CC2. The van der Waals surface area contributed by atoms with E-state index in [9.17, 15) is 13.2 Å². The van der Waals surface area contributed by atoms with E-state index in [4.69, 9.17) is 16.7 Å². The Labute approximate surface area is 230 Å². The maximum Gasteiger partial charge on any atom is 0.416 e. The number of hydrogen-bond donors (Lipinski definition) is 1. The molecule has 0 bridgehead atoms. The van der Waals surface area contributed by atoms with Crippen molar-refractivity contribution in [3.05, 3.63) is 99.8 Å². The molecule has 0 spiro atoms. The first-order valence-electron chi connectivity index (χ1n) is 13.2. The van der Waals surface area contributed by atoms with Gasteiger partial charge in [0.2, 0.25) is 0 Å². The molecule has 0 fully saturated rings. The van der Waals surface area contributed by atoms with Crippen molar-refractivity contribution in [2.75, 3.05) is 11.4 Å². The van der Waals surface area contributed by atoms with Crippen LogP contribution < -0.4 is 4.90 Å². The molecule has 6 rings (SSSR count). The highest BCUT2D eigenvalue weighted by molar-refractivity contribution is 6.33. The summed E-state index contributed by atoms with van der Waals surface area (Å²) in [5, 5.41) is 6.55. The average Bonchev–Trinajstić information content (AvgIpc) is 3.55. The third-order valence-electron chi connectivity index (χ3n) is 7.65. The molecule has 0 unspecified atom stereocenters. The Balaban J connectivity index is 1.55. The summed E-state index contributed by atoms with van der Waals surface area (Å²) in [5.74, 6) is 0. The van der Waals surface area contributed by atoms with Crippen LogP contribution in [0.4, 0.5) is 18.9 Å². The number of H-pyrrole nitrogens is 1. The van der Waals surface area contributed by atoms with Crippen LogP contribution in [0.3, 0.4) is 0 Å². The first kappa shape index (κ1) is 25.6. The quantitative estimate of drug-likeness (QED) is 0.239. The van der Waals surface area contributed by atoms with E-state index in [2.05, 4.69) is 59.9 Å². The van der Waals surface area contributed by atoms with Crippen LogP contribution in [0, 0.1) is 0 Å². The van der Waals surface area contributed by atoms with Crippen LogP contribution >= 0.6 is 11.6 Å². The van der Waals surface area contributed by atoms with Crippen molar-refractivity contribution in [2.24, 2.45) is 0 Å². The van der Waals surface area contributed by atoms with Crippen molar-refractivity contribution in [3.8, 4) is 16.9 Å². The number of hydrogen-bond acceptors (Lipinski definition) is 2. The minimum atomic E-state index is -4.44. The largest absolute Gasteiger partial charge is 0.416 e. The van der Waals surface area contributed by atoms with Crippen LogP contribution in [0.25, 0.3) is 27.8 Å². The number of rotatable bonds is 5.